The number of carbonyl (C=O) groups is 1. The number of thiazole rings is 1. The van der Waals surface area contributed by atoms with Gasteiger partial charge >= 0.3 is 0 Å². The minimum atomic E-state index is 0.0533. The third-order valence-electron chi connectivity index (χ3n) is 5.41. The van der Waals surface area contributed by atoms with E-state index in [0.29, 0.717) is 5.56 Å². The first-order valence-corrected chi connectivity index (χ1v) is 10.3. The first-order valence-electron chi connectivity index (χ1n) is 9.42. The zero-order valence-electron chi connectivity index (χ0n) is 15.3. The second kappa shape index (κ2) is 7.80. The first kappa shape index (κ1) is 17.5. The lowest BCUT2D eigenvalue weighted by molar-refractivity contribution is 0.0746. The summed E-state index contributed by atoms with van der Waals surface area (Å²) in [5.41, 5.74) is 1.81. The van der Waals surface area contributed by atoms with E-state index in [-0.39, 0.29) is 5.91 Å². The molecule has 0 bridgehead atoms. The number of nitrogens with zero attached hydrogens (tertiary/aromatic N) is 4. The first-order chi connectivity index (χ1) is 12.7. The van der Waals surface area contributed by atoms with Crippen molar-refractivity contribution in [3.05, 3.63) is 35.2 Å². The van der Waals surface area contributed by atoms with Gasteiger partial charge in [0, 0.05) is 38.1 Å². The van der Waals surface area contributed by atoms with Crippen LogP contribution in [0.5, 0.6) is 0 Å². The maximum atomic E-state index is 12.4. The Kier molecular flexibility index (Phi) is 5.26. The average molecular weight is 375 g/mol. The molecule has 0 atom stereocenters. The van der Waals surface area contributed by atoms with Gasteiger partial charge in [0.1, 0.15) is 6.26 Å². The molecule has 4 heterocycles. The third kappa shape index (κ3) is 3.94. The lowest BCUT2D eigenvalue weighted by Gasteiger charge is -2.34. The van der Waals surface area contributed by atoms with E-state index in [4.69, 9.17) is 9.40 Å². The van der Waals surface area contributed by atoms with Crippen LogP contribution in [0.25, 0.3) is 0 Å². The minimum Gasteiger partial charge on any atom is -0.472 e. The maximum Gasteiger partial charge on any atom is 0.257 e. The topological polar surface area (TPSA) is 52.8 Å². The Hall–Kier alpha value is -1.86. The van der Waals surface area contributed by atoms with Crippen LogP contribution in [0.1, 0.15) is 35.8 Å². The van der Waals surface area contributed by atoms with E-state index in [1.807, 2.05) is 4.90 Å². The molecule has 7 heteroatoms. The van der Waals surface area contributed by atoms with Crippen molar-refractivity contribution in [1.82, 2.24) is 14.8 Å². The normalized spacial score (nSPS) is 19.9. The highest BCUT2D eigenvalue weighted by Gasteiger charge is 2.24. The smallest absolute Gasteiger partial charge is 0.257 e. The number of piperidine rings is 1. The summed E-state index contributed by atoms with van der Waals surface area (Å²) in [7, 11) is 0. The standard InChI is InChI=1S/C19H26N4O2S/c1-15-2-5-21(6-3-15)12-17-14-26-19(20-17)23-9-7-22(8-10-23)18(24)16-4-11-25-13-16/h4,11,13-15H,2-3,5-10,12H2,1H3. The van der Waals surface area contributed by atoms with Crippen LogP contribution < -0.4 is 4.90 Å². The highest BCUT2D eigenvalue weighted by atomic mass is 32.1. The number of rotatable bonds is 4. The molecule has 4 rings (SSSR count). The highest BCUT2D eigenvalue weighted by molar-refractivity contribution is 7.13. The summed E-state index contributed by atoms with van der Waals surface area (Å²) in [5, 5.41) is 3.27. The Bertz CT molecular complexity index is 714. The van der Waals surface area contributed by atoms with E-state index >= 15 is 0 Å². The molecule has 0 aromatic carbocycles. The van der Waals surface area contributed by atoms with E-state index in [1.54, 1.807) is 23.7 Å². The van der Waals surface area contributed by atoms with Gasteiger partial charge < -0.3 is 14.2 Å². The molecule has 0 spiro atoms. The van der Waals surface area contributed by atoms with Crippen molar-refractivity contribution in [2.75, 3.05) is 44.2 Å². The number of carbonyl (C=O) groups excluding carboxylic acids is 1. The number of aromatic nitrogens is 1. The Morgan fingerprint density at radius 2 is 2.00 bits per heavy atom. The molecule has 2 aliphatic heterocycles. The lowest BCUT2D eigenvalue weighted by Crippen LogP contribution is -2.48. The van der Waals surface area contributed by atoms with Gasteiger partial charge in [-0.3, -0.25) is 9.69 Å². The summed E-state index contributed by atoms with van der Waals surface area (Å²) in [6, 6.07) is 1.73. The fraction of sp³-hybridized carbons (Fsp3) is 0.579. The fourth-order valence-corrected chi connectivity index (χ4v) is 4.50. The van der Waals surface area contributed by atoms with Gasteiger partial charge in [-0.05, 0) is 37.9 Å². The molecule has 2 saturated heterocycles. The van der Waals surface area contributed by atoms with E-state index in [1.165, 1.54) is 37.9 Å². The molecule has 2 aromatic rings. The largest absolute Gasteiger partial charge is 0.472 e. The van der Waals surface area contributed by atoms with Gasteiger partial charge in [-0.15, -0.1) is 11.3 Å². The Morgan fingerprint density at radius 3 is 2.69 bits per heavy atom. The minimum absolute atomic E-state index is 0.0533. The summed E-state index contributed by atoms with van der Waals surface area (Å²) in [4.78, 5) is 23.9. The van der Waals surface area contributed by atoms with Crippen LogP contribution in [0, 0.1) is 5.92 Å². The second-order valence-electron chi connectivity index (χ2n) is 7.37. The summed E-state index contributed by atoms with van der Waals surface area (Å²) >= 11 is 1.72. The molecule has 26 heavy (non-hydrogen) atoms. The SMILES string of the molecule is CC1CCN(Cc2csc(N3CCN(C(=O)c4ccoc4)CC3)n2)CC1. The summed E-state index contributed by atoms with van der Waals surface area (Å²) in [5.74, 6) is 0.913. The summed E-state index contributed by atoms with van der Waals surface area (Å²) in [6.07, 6.45) is 5.65. The molecule has 140 valence electrons. The second-order valence-corrected chi connectivity index (χ2v) is 8.21. The summed E-state index contributed by atoms with van der Waals surface area (Å²) in [6.45, 7) is 8.78. The van der Waals surface area contributed by atoms with Gasteiger partial charge in [0.15, 0.2) is 5.13 Å². The van der Waals surface area contributed by atoms with Crippen LogP contribution in [-0.4, -0.2) is 60.0 Å². The number of hydrogen-bond acceptors (Lipinski definition) is 6. The van der Waals surface area contributed by atoms with Crippen LogP contribution >= 0.6 is 11.3 Å². The molecule has 6 nitrogen and oxygen atoms in total. The van der Waals surface area contributed by atoms with Gasteiger partial charge in [0.05, 0.1) is 17.5 Å². The molecular formula is C19H26N4O2S. The van der Waals surface area contributed by atoms with Crippen molar-refractivity contribution in [3.63, 3.8) is 0 Å². The number of likely N-dealkylation sites (tertiary alicyclic amines) is 1. The zero-order chi connectivity index (χ0) is 17.9. The van der Waals surface area contributed by atoms with Gasteiger partial charge in [-0.1, -0.05) is 6.92 Å². The van der Waals surface area contributed by atoms with Crippen LogP contribution in [0.2, 0.25) is 0 Å². The molecule has 2 fully saturated rings. The Balaban J connectivity index is 1.29. The van der Waals surface area contributed by atoms with Crippen LogP contribution in [0.3, 0.4) is 0 Å². The molecule has 0 saturated carbocycles. The van der Waals surface area contributed by atoms with Gasteiger partial charge in [-0.25, -0.2) is 4.98 Å². The molecule has 0 aliphatic carbocycles. The lowest BCUT2D eigenvalue weighted by atomic mass is 9.99. The van der Waals surface area contributed by atoms with Crippen molar-refractivity contribution in [2.45, 2.75) is 26.3 Å². The molecule has 2 aliphatic rings. The predicted molar refractivity (Wildman–Crippen MR) is 103 cm³/mol. The van der Waals surface area contributed by atoms with E-state index < -0.39 is 0 Å². The monoisotopic (exact) mass is 374 g/mol. The van der Waals surface area contributed by atoms with Crippen molar-refractivity contribution >= 4 is 22.4 Å². The average Bonchev–Trinajstić information content (AvgIpc) is 3.35. The van der Waals surface area contributed by atoms with Crippen molar-refractivity contribution in [2.24, 2.45) is 5.92 Å². The Morgan fingerprint density at radius 1 is 1.23 bits per heavy atom. The zero-order valence-corrected chi connectivity index (χ0v) is 16.1. The van der Waals surface area contributed by atoms with Crippen LogP contribution in [0.4, 0.5) is 5.13 Å². The van der Waals surface area contributed by atoms with E-state index in [9.17, 15) is 4.79 Å². The molecular weight excluding hydrogens is 348 g/mol. The van der Waals surface area contributed by atoms with E-state index in [0.717, 1.165) is 43.8 Å². The number of anilines is 1. The highest BCUT2D eigenvalue weighted by Crippen LogP contribution is 2.24. The third-order valence-corrected chi connectivity index (χ3v) is 6.36. The number of piperazine rings is 1. The number of amides is 1. The predicted octanol–water partition coefficient (Wildman–Crippen LogP) is 2.93. The molecule has 1 amide bonds. The fourth-order valence-electron chi connectivity index (χ4n) is 3.63. The van der Waals surface area contributed by atoms with Crippen LogP contribution in [0.15, 0.2) is 28.4 Å². The quantitative estimate of drug-likeness (QED) is 0.824. The summed E-state index contributed by atoms with van der Waals surface area (Å²) < 4.78 is 5.02. The van der Waals surface area contributed by atoms with Crippen molar-refractivity contribution < 1.29 is 9.21 Å². The van der Waals surface area contributed by atoms with Crippen molar-refractivity contribution in [3.8, 4) is 0 Å². The van der Waals surface area contributed by atoms with Crippen LogP contribution in [-0.2, 0) is 6.54 Å². The van der Waals surface area contributed by atoms with Gasteiger partial charge in [0.2, 0.25) is 0 Å². The van der Waals surface area contributed by atoms with Crippen molar-refractivity contribution in [1.29, 1.82) is 0 Å². The van der Waals surface area contributed by atoms with E-state index in [2.05, 4.69) is 22.1 Å². The number of hydrogen-bond donors (Lipinski definition) is 0. The molecule has 2 aromatic heterocycles. The molecule has 0 N–H and O–H groups in total. The molecule has 0 unspecified atom stereocenters. The molecule has 0 radical (unpaired) electrons. The number of furan rings is 1. The Labute approximate surface area is 158 Å². The van der Waals surface area contributed by atoms with Gasteiger partial charge in [0.25, 0.3) is 5.91 Å². The van der Waals surface area contributed by atoms with Gasteiger partial charge in [-0.2, -0.15) is 0 Å². The maximum absolute atomic E-state index is 12.4.